The summed E-state index contributed by atoms with van der Waals surface area (Å²) in [7, 11) is 0. The van der Waals surface area contributed by atoms with Crippen LogP contribution in [-0.2, 0) is 11.3 Å². The zero-order chi connectivity index (χ0) is 12.1. The second kappa shape index (κ2) is 5.44. The van der Waals surface area contributed by atoms with Crippen molar-refractivity contribution >= 4 is 6.20 Å². The number of aromatic nitrogens is 2. The van der Waals surface area contributed by atoms with Crippen LogP contribution in [0, 0.1) is 0 Å². The molecule has 0 atom stereocenters. The predicted molar refractivity (Wildman–Crippen MR) is 65.3 cm³/mol. The van der Waals surface area contributed by atoms with E-state index in [1.54, 1.807) is 17.1 Å². The first-order chi connectivity index (χ1) is 8.28. The third-order valence-electron chi connectivity index (χ3n) is 3.26. The van der Waals surface area contributed by atoms with Gasteiger partial charge >= 0.3 is 0 Å². The summed E-state index contributed by atoms with van der Waals surface area (Å²) in [6, 6.07) is 0. The topological polar surface area (TPSA) is 59.3 Å². The molecule has 94 valence electrons. The molecule has 0 spiro atoms. The molecule has 1 aromatic rings. The van der Waals surface area contributed by atoms with Crippen LogP contribution in [0.4, 0.5) is 0 Å². The highest BCUT2D eigenvalue weighted by Crippen LogP contribution is 2.20. The van der Waals surface area contributed by atoms with Crippen LogP contribution in [0.15, 0.2) is 19.0 Å². The second-order valence-corrected chi connectivity index (χ2v) is 4.42. The average Bonchev–Trinajstić information content (AvgIpc) is 2.85. The molecular formula is C12H19N3O2. The summed E-state index contributed by atoms with van der Waals surface area (Å²) in [5.74, 6) is 0. The Balaban J connectivity index is 1.92. The van der Waals surface area contributed by atoms with E-state index in [1.165, 1.54) is 0 Å². The monoisotopic (exact) mass is 237 g/mol. The fourth-order valence-electron chi connectivity index (χ4n) is 2.01. The molecule has 5 heteroatoms. The van der Waals surface area contributed by atoms with Crippen LogP contribution in [0.25, 0.3) is 6.20 Å². The van der Waals surface area contributed by atoms with Gasteiger partial charge in [0, 0.05) is 43.3 Å². The van der Waals surface area contributed by atoms with Gasteiger partial charge in [-0.05, 0) is 12.8 Å². The maximum Gasteiger partial charge on any atom is 0.0615 e. The molecule has 2 heterocycles. The molecule has 1 aliphatic heterocycles. The molecule has 0 saturated carbocycles. The Labute approximate surface area is 101 Å². The molecule has 1 aromatic heterocycles. The molecular weight excluding hydrogens is 218 g/mol. The Bertz CT molecular complexity index is 370. The molecule has 5 nitrogen and oxygen atoms in total. The van der Waals surface area contributed by atoms with E-state index >= 15 is 0 Å². The molecule has 1 fully saturated rings. The summed E-state index contributed by atoms with van der Waals surface area (Å²) in [6.07, 6.45) is 7.07. The molecule has 0 amide bonds. The maximum atomic E-state index is 9.52. The Kier molecular flexibility index (Phi) is 3.93. The lowest BCUT2D eigenvalue weighted by atomic mass is 9.91. The number of hydrogen-bond donors (Lipinski definition) is 2. The van der Waals surface area contributed by atoms with E-state index in [1.807, 2.05) is 6.20 Å². The first kappa shape index (κ1) is 12.3. The van der Waals surface area contributed by atoms with Crippen molar-refractivity contribution in [2.45, 2.75) is 24.9 Å². The molecule has 0 radical (unpaired) electrons. The first-order valence-corrected chi connectivity index (χ1v) is 5.87. The molecule has 2 rings (SSSR count). The maximum absolute atomic E-state index is 9.52. The predicted octanol–water partition coefficient (Wildman–Crippen LogP) is 0.615. The summed E-state index contributed by atoms with van der Waals surface area (Å²) < 4.78 is 6.99. The average molecular weight is 237 g/mol. The number of aliphatic hydroxyl groups is 1. The van der Waals surface area contributed by atoms with E-state index in [0.29, 0.717) is 19.8 Å². The van der Waals surface area contributed by atoms with Crippen molar-refractivity contribution in [2.24, 2.45) is 0 Å². The van der Waals surface area contributed by atoms with Gasteiger partial charge < -0.3 is 15.2 Å². The SMILES string of the molecule is C=Cn1cc(CNC2(CO)CCOCC2)cn1. The zero-order valence-electron chi connectivity index (χ0n) is 9.93. The Hall–Kier alpha value is -1.17. The van der Waals surface area contributed by atoms with Crippen LogP contribution in [-0.4, -0.2) is 40.2 Å². The number of nitrogens with one attached hydrogen (secondary N) is 1. The normalized spacial score (nSPS) is 19.1. The molecule has 0 aliphatic carbocycles. The number of aliphatic hydroxyl groups excluding tert-OH is 1. The Morgan fingerprint density at radius 1 is 1.59 bits per heavy atom. The lowest BCUT2D eigenvalue weighted by molar-refractivity contribution is 0.0112. The van der Waals surface area contributed by atoms with E-state index in [0.717, 1.165) is 18.4 Å². The van der Waals surface area contributed by atoms with Crippen LogP contribution in [0.5, 0.6) is 0 Å². The third kappa shape index (κ3) is 2.94. The largest absolute Gasteiger partial charge is 0.394 e. The van der Waals surface area contributed by atoms with Gasteiger partial charge in [0.05, 0.1) is 12.8 Å². The highest BCUT2D eigenvalue weighted by atomic mass is 16.5. The van der Waals surface area contributed by atoms with Gasteiger partial charge in [0.2, 0.25) is 0 Å². The summed E-state index contributed by atoms with van der Waals surface area (Å²) in [6.45, 7) is 5.91. The highest BCUT2D eigenvalue weighted by molar-refractivity contribution is 5.17. The molecule has 0 bridgehead atoms. The van der Waals surface area contributed by atoms with E-state index in [9.17, 15) is 5.11 Å². The van der Waals surface area contributed by atoms with Gasteiger partial charge in [-0.15, -0.1) is 0 Å². The minimum Gasteiger partial charge on any atom is -0.394 e. The van der Waals surface area contributed by atoms with Crippen LogP contribution < -0.4 is 5.32 Å². The van der Waals surface area contributed by atoms with Gasteiger partial charge in [0.15, 0.2) is 0 Å². The quantitative estimate of drug-likeness (QED) is 0.788. The zero-order valence-corrected chi connectivity index (χ0v) is 9.93. The number of hydrogen-bond acceptors (Lipinski definition) is 4. The van der Waals surface area contributed by atoms with Gasteiger partial charge in [0.25, 0.3) is 0 Å². The Morgan fingerprint density at radius 3 is 2.94 bits per heavy atom. The van der Waals surface area contributed by atoms with E-state index in [-0.39, 0.29) is 12.1 Å². The first-order valence-electron chi connectivity index (χ1n) is 5.87. The summed E-state index contributed by atoms with van der Waals surface area (Å²) in [4.78, 5) is 0. The fourth-order valence-corrected chi connectivity index (χ4v) is 2.01. The van der Waals surface area contributed by atoms with Gasteiger partial charge in [-0.3, -0.25) is 0 Å². The minimum atomic E-state index is -0.200. The van der Waals surface area contributed by atoms with Crippen molar-refractivity contribution in [1.29, 1.82) is 0 Å². The van der Waals surface area contributed by atoms with Crippen LogP contribution in [0.2, 0.25) is 0 Å². The number of rotatable bonds is 5. The number of ether oxygens (including phenoxy) is 1. The summed E-state index contributed by atoms with van der Waals surface area (Å²) >= 11 is 0. The molecule has 2 N–H and O–H groups in total. The highest BCUT2D eigenvalue weighted by Gasteiger charge is 2.31. The standard InChI is InChI=1S/C12H19N3O2/c1-2-15-9-11(8-14-15)7-13-12(10-16)3-5-17-6-4-12/h2,8-9,13,16H,1,3-7,10H2. The second-order valence-electron chi connectivity index (χ2n) is 4.42. The van der Waals surface area contributed by atoms with Crippen molar-refractivity contribution in [3.8, 4) is 0 Å². The molecule has 1 saturated heterocycles. The summed E-state index contributed by atoms with van der Waals surface area (Å²) in [5, 5.41) is 17.1. The molecule has 17 heavy (non-hydrogen) atoms. The van der Waals surface area contributed by atoms with Crippen molar-refractivity contribution < 1.29 is 9.84 Å². The van der Waals surface area contributed by atoms with Crippen molar-refractivity contribution in [1.82, 2.24) is 15.1 Å². The van der Waals surface area contributed by atoms with E-state index < -0.39 is 0 Å². The van der Waals surface area contributed by atoms with Crippen LogP contribution >= 0.6 is 0 Å². The van der Waals surface area contributed by atoms with Crippen LogP contribution in [0.3, 0.4) is 0 Å². The lowest BCUT2D eigenvalue weighted by Gasteiger charge is -2.36. The number of nitrogens with zero attached hydrogens (tertiary/aromatic N) is 2. The van der Waals surface area contributed by atoms with Crippen molar-refractivity contribution in [3.05, 3.63) is 24.5 Å². The van der Waals surface area contributed by atoms with Gasteiger partial charge in [-0.2, -0.15) is 5.10 Å². The lowest BCUT2D eigenvalue weighted by Crippen LogP contribution is -2.51. The smallest absolute Gasteiger partial charge is 0.0615 e. The fraction of sp³-hybridized carbons (Fsp3) is 0.583. The van der Waals surface area contributed by atoms with Gasteiger partial charge in [0.1, 0.15) is 0 Å². The third-order valence-corrected chi connectivity index (χ3v) is 3.26. The van der Waals surface area contributed by atoms with Gasteiger partial charge in [-0.1, -0.05) is 6.58 Å². The van der Waals surface area contributed by atoms with Crippen molar-refractivity contribution in [3.63, 3.8) is 0 Å². The van der Waals surface area contributed by atoms with Crippen LogP contribution in [0.1, 0.15) is 18.4 Å². The molecule has 0 aromatic carbocycles. The van der Waals surface area contributed by atoms with E-state index in [4.69, 9.17) is 4.74 Å². The molecule has 1 aliphatic rings. The van der Waals surface area contributed by atoms with Gasteiger partial charge in [-0.25, -0.2) is 4.68 Å². The van der Waals surface area contributed by atoms with E-state index in [2.05, 4.69) is 17.0 Å². The Morgan fingerprint density at radius 2 is 2.35 bits per heavy atom. The van der Waals surface area contributed by atoms with Crippen molar-refractivity contribution in [2.75, 3.05) is 19.8 Å². The summed E-state index contributed by atoms with van der Waals surface area (Å²) in [5.41, 5.74) is 0.887. The minimum absolute atomic E-state index is 0.145. The molecule has 0 unspecified atom stereocenters.